The Morgan fingerprint density at radius 2 is 0.588 bits per heavy atom. The zero-order chi connectivity index (χ0) is 79.4. The Kier molecular flexibility index (Phi) is 26.0. The van der Waals surface area contributed by atoms with E-state index in [1.165, 1.54) is 139 Å². The second kappa shape index (κ2) is 36.1. The van der Waals surface area contributed by atoms with Gasteiger partial charge in [-0.05, 0) is 204 Å². The van der Waals surface area contributed by atoms with Crippen molar-refractivity contribution in [2.75, 3.05) is 0 Å². The average Bonchev–Trinajstić information content (AvgIpc) is 1.60. The van der Waals surface area contributed by atoms with E-state index in [1.807, 2.05) is 79.9 Å². The largest absolute Gasteiger partial charge is 0.500 e. The van der Waals surface area contributed by atoms with Crippen LogP contribution in [0.15, 0.2) is 285 Å². The van der Waals surface area contributed by atoms with Gasteiger partial charge in [-0.15, -0.1) is 107 Å². The first kappa shape index (κ1) is 85.6. The van der Waals surface area contributed by atoms with Crippen LogP contribution in [0.4, 0.5) is 0 Å². The van der Waals surface area contributed by atoms with Crippen molar-refractivity contribution < 1.29 is 84.8 Å². The molecule has 0 unspecified atom stereocenters. The zero-order valence-corrected chi connectivity index (χ0v) is 78.4. The van der Waals surface area contributed by atoms with Crippen LogP contribution >= 0.6 is 0 Å². The van der Waals surface area contributed by atoms with E-state index in [2.05, 4.69) is 359 Å². The normalized spacial score (nSPS) is 11.0. The summed E-state index contributed by atoms with van der Waals surface area (Å²) < 4.78 is 19.3. The molecular weight excluding hydrogens is 2170 g/mol. The molecule has 0 atom stereocenters. The number of furan rings is 1. The smallest absolute Gasteiger partial charge is 0.120 e. The maximum Gasteiger partial charge on any atom is 0.120 e. The van der Waals surface area contributed by atoms with Gasteiger partial charge < -0.3 is 31.8 Å². The number of benzene rings is 13. The molecule has 0 bridgehead atoms. The molecule has 0 fully saturated rings. The minimum absolute atomic E-state index is 0. The molecule has 600 valence electrons. The Balaban J connectivity index is 0.000000138. The Morgan fingerprint density at radius 1 is 0.244 bits per heavy atom. The van der Waals surface area contributed by atoms with E-state index in [1.54, 1.807) is 0 Å². The molecular formula is C104H88Ir4N10O-4. The van der Waals surface area contributed by atoms with E-state index in [9.17, 15) is 0 Å². The summed E-state index contributed by atoms with van der Waals surface area (Å²) in [5.41, 5.74) is 35.0. The molecule has 0 aliphatic rings. The third-order valence-electron chi connectivity index (χ3n) is 21.8. The van der Waals surface area contributed by atoms with Crippen molar-refractivity contribution in [1.82, 2.24) is 47.3 Å². The fourth-order valence-corrected chi connectivity index (χ4v) is 17.4. The molecule has 0 amide bonds. The van der Waals surface area contributed by atoms with Crippen LogP contribution in [0.2, 0.25) is 0 Å². The molecule has 15 heteroatoms. The second-order valence-electron chi connectivity index (χ2n) is 30.6. The number of aromatic nitrogens is 10. The molecule has 0 saturated carbocycles. The van der Waals surface area contributed by atoms with E-state index in [0.29, 0.717) is 0 Å². The molecule has 0 saturated heterocycles. The number of aryl methyl sites for hydroxylation is 14. The van der Waals surface area contributed by atoms with Gasteiger partial charge in [0.25, 0.3) is 0 Å². The van der Waals surface area contributed by atoms with E-state index in [-0.39, 0.29) is 80.4 Å². The molecule has 0 aliphatic carbocycles. The van der Waals surface area contributed by atoms with Crippen LogP contribution in [0.3, 0.4) is 0 Å². The van der Waals surface area contributed by atoms with E-state index >= 15 is 0 Å². The van der Waals surface area contributed by atoms with Crippen molar-refractivity contribution in [1.29, 1.82) is 0 Å². The summed E-state index contributed by atoms with van der Waals surface area (Å²) in [4.78, 5) is 18.7. The quantitative estimate of drug-likeness (QED) is 0.127. The van der Waals surface area contributed by atoms with Crippen molar-refractivity contribution in [3.63, 3.8) is 0 Å². The summed E-state index contributed by atoms with van der Waals surface area (Å²) in [6.45, 7) is 30.0. The van der Waals surface area contributed by atoms with E-state index < -0.39 is 0 Å². The summed E-state index contributed by atoms with van der Waals surface area (Å²) in [5.74, 6) is 3.63. The first-order valence-electron chi connectivity index (χ1n) is 39.1. The predicted molar refractivity (Wildman–Crippen MR) is 474 cm³/mol. The van der Waals surface area contributed by atoms with Gasteiger partial charge in [0.2, 0.25) is 0 Å². The Morgan fingerprint density at radius 3 is 0.992 bits per heavy atom. The van der Waals surface area contributed by atoms with E-state index in [0.717, 1.165) is 84.2 Å². The number of hydrogen-bond acceptors (Lipinski definition) is 5. The molecule has 0 spiro atoms. The van der Waals surface area contributed by atoms with Crippen molar-refractivity contribution in [2.45, 2.75) is 96.9 Å². The number of para-hydroxylation sites is 4. The number of rotatable bonds is 10. The molecule has 7 aromatic heterocycles. The van der Waals surface area contributed by atoms with Gasteiger partial charge in [0.15, 0.2) is 0 Å². The fraction of sp³-hybridized carbons (Fsp3) is 0.135. The zero-order valence-electron chi connectivity index (χ0n) is 68.8. The Bertz CT molecular complexity index is 7010. The summed E-state index contributed by atoms with van der Waals surface area (Å²) in [6, 6.07) is 94.9. The Hall–Kier alpha value is -11.3. The number of nitrogens with zero attached hydrogens (tertiary/aromatic N) is 10. The van der Waals surface area contributed by atoms with Gasteiger partial charge in [0, 0.05) is 181 Å². The van der Waals surface area contributed by atoms with Crippen molar-refractivity contribution in [2.24, 2.45) is 0 Å². The molecule has 11 nitrogen and oxygen atoms in total. The van der Waals surface area contributed by atoms with Gasteiger partial charge in [-0.25, -0.2) is 0 Å². The third-order valence-corrected chi connectivity index (χ3v) is 21.8. The van der Waals surface area contributed by atoms with Crippen LogP contribution in [0.5, 0.6) is 0 Å². The molecule has 119 heavy (non-hydrogen) atoms. The van der Waals surface area contributed by atoms with Gasteiger partial charge in [0.1, 0.15) is 5.58 Å². The van der Waals surface area contributed by atoms with Crippen LogP contribution in [0.1, 0.15) is 77.9 Å². The van der Waals surface area contributed by atoms with Crippen molar-refractivity contribution >= 4 is 65.6 Å². The number of imidazole rings is 4. The molecule has 4 radical (unpaired) electrons. The van der Waals surface area contributed by atoms with Gasteiger partial charge in [0.05, 0.1) is 28.9 Å². The van der Waals surface area contributed by atoms with Crippen LogP contribution in [0.25, 0.3) is 145 Å². The predicted octanol–water partition coefficient (Wildman–Crippen LogP) is 25.8. The van der Waals surface area contributed by atoms with E-state index in [4.69, 9.17) is 14.4 Å². The molecule has 13 aromatic carbocycles. The summed E-state index contributed by atoms with van der Waals surface area (Å²) >= 11 is 0. The van der Waals surface area contributed by atoms with Crippen molar-refractivity contribution in [3.8, 4) is 79.7 Å². The first-order chi connectivity index (χ1) is 55.8. The topological polar surface area (TPSA) is 94.3 Å². The van der Waals surface area contributed by atoms with Gasteiger partial charge in [-0.3, -0.25) is 19.9 Å². The van der Waals surface area contributed by atoms with Gasteiger partial charge in [-0.2, -0.15) is 0 Å². The SMILES string of the molecule is Cc1c[c-]c(-c2nccn2-c2c(C)cc(C)cc2C)cc1.Cc1cc(C)c(-n2ccnc2-c2[c-]cc3c(c2)c2ccccc2n3-c2ccccc2)c(C)c1.Cc1cc(C)c(-n2ccnc2-c2[c-]cc3oc4ccccc4c3c2)c(C)c1.Cc1cccc(-n2c3c[c-]c(-c4nccn4-c4c(C)cc(C)cc4C)cc3c3ccccc32)c1.[Ir].[Ir].[Ir].[Ir]. The average molecular weight is 2260 g/mol. The standard InChI is InChI=1S/C31H26N3.C30H24N3.C24H19N2O.C19H19N2.4Ir/c1-20-8-7-9-25(18-20)34-28-11-6-5-10-26(28)27-19-24(12-13-29(27)34)31-32-14-15-33(31)30-22(3)16-21(2)17-23(30)4;1-20-17-21(2)29(22(3)18-20)32-16-15-31-30(32)23-13-14-28-26(19-23)25-11-7-8-12-27(25)33(28)24-9-5-4-6-10-24;1-15-12-16(2)23(17(3)13-15)26-11-10-25-24(26)18-8-9-22-20(14-18)19-6-4-5-7-21(19)27-22;1-13-5-7-17(8-6-13)19-20-9-10-21(19)18-15(3)11-14(2)12-16(18)4;;;;/h5-11,13-19H,1-4H3;4-12,14-19H,1-3H3;4-7,9-14H,1-3H3;5-7,9-12H,1-4H3;;;;/q4*-1;;;;. The third kappa shape index (κ3) is 16.7. The summed E-state index contributed by atoms with van der Waals surface area (Å²) in [7, 11) is 0. The monoisotopic (exact) mass is 2260 g/mol. The molecule has 20 aromatic rings. The summed E-state index contributed by atoms with van der Waals surface area (Å²) in [5, 5.41) is 7.07. The first-order valence-corrected chi connectivity index (χ1v) is 39.1. The minimum atomic E-state index is 0. The second-order valence-corrected chi connectivity index (χ2v) is 30.6. The summed E-state index contributed by atoms with van der Waals surface area (Å²) in [6.07, 6.45) is 15.6. The molecule has 7 heterocycles. The number of hydrogen-bond donors (Lipinski definition) is 0. The maximum absolute atomic E-state index is 5.93. The van der Waals surface area contributed by atoms with Crippen LogP contribution in [-0.4, -0.2) is 47.3 Å². The molecule has 0 aliphatic heterocycles. The fourth-order valence-electron chi connectivity index (χ4n) is 17.4. The Labute approximate surface area is 749 Å². The van der Waals surface area contributed by atoms with Gasteiger partial charge >= 0.3 is 0 Å². The van der Waals surface area contributed by atoms with Crippen molar-refractivity contribution in [3.05, 3.63) is 382 Å². The molecule has 0 N–H and O–H groups in total. The van der Waals surface area contributed by atoms with Crippen LogP contribution < -0.4 is 0 Å². The maximum atomic E-state index is 5.93. The van der Waals surface area contributed by atoms with Gasteiger partial charge in [-0.1, -0.05) is 179 Å². The van der Waals surface area contributed by atoms with Crippen LogP contribution in [-0.2, 0) is 80.4 Å². The van der Waals surface area contributed by atoms with Crippen LogP contribution in [0, 0.1) is 121 Å². The minimum Gasteiger partial charge on any atom is -0.500 e. The number of fused-ring (bicyclic) bond motifs is 9. The molecule has 20 rings (SSSR count).